The van der Waals surface area contributed by atoms with Gasteiger partial charge in [0.25, 0.3) is 0 Å². The van der Waals surface area contributed by atoms with Crippen LogP contribution in [0, 0.1) is 0 Å². The van der Waals surface area contributed by atoms with Gasteiger partial charge in [0, 0.05) is 37.8 Å². The van der Waals surface area contributed by atoms with E-state index in [1.54, 1.807) is 43.3 Å². The van der Waals surface area contributed by atoms with E-state index in [1.807, 2.05) is 0 Å². The molecule has 0 aliphatic carbocycles. The molecule has 1 atom stereocenters. The maximum atomic E-state index is 13.0. The summed E-state index contributed by atoms with van der Waals surface area (Å²) in [5.41, 5.74) is -0.352. The fourth-order valence-corrected chi connectivity index (χ4v) is 5.91. The van der Waals surface area contributed by atoms with Crippen molar-refractivity contribution in [2.24, 2.45) is 4.99 Å². The highest BCUT2D eigenvalue weighted by Crippen LogP contribution is 2.39. The molecule has 0 amide bonds. The number of nitrogens with one attached hydrogen (secondary N) is 1. The second-order valence-corrected chi connectivity index (χ2v) is 9.90. The summed E-state index contributed by atoms with van der Waals surface area (Å²) in [7, 11) is 2.40. The zero-order valence-electron chi connectivity index (χ0n) is 18.0. The lowest BCUT2D eigenvalue weighted by Gasteiger charge is -2.31. The third-order valence-corrected chi connectivity index (χ3v) is 8.21. The molecule has 1 fully saturated rings. The van der Waals surface area contributed by atoms with Crippen LogP contribution in [-0.4, -0.2) is 57.7 Å². The molecule has 1 unspecified atom stereocenters. The van der Waals surface area contributed by atoms with Crippen LogP contribution in [-0.2, 0) is 22.3 Å². The number of amidine groups is 1. The van der Waals surface area contributed by atoms with Gasteiger partial charge in [0.15, 0.2) is 10.9 Å². The number of hydrogen-bond donors (Lipinski definition) is 2. The van der Waals surface area contributed by atoms with Crippen molar-refractivity contribution in [3.63, 3.8) is 0 Å². The van der Waals surface area contributed by atoms with Gasteiger partial charge in [-0.3, -0.25) is 4.99 Å². The minimum absolute atomic E-state index is 0. The van der Waals surface area contributed by atoms with Gasteiger partial charge < -0.3 is 19.5 Å². The summed E-state index contributed by atoms with van der Waals surface area (Å²) < 4.78 is 39.1. The number of aliphatic hydroxyl groups is 1. The Morgan fingerprint density at radius 2 is 1.97 bits per heavy atom. The van der Waals surface area contributed by atoms with Gasteiger partial charge in [-0.15, -0.1) is 12.4 Å². The number of nitrogens with zero attached hydrogens (tertiary/aromatic N) is 2. The van der Waals surface area contributed by atoms with Gasteiger partial charge in [-0.05, 0) is 18.2 Å². The van der Waals surface area contributed by atoms with E-state index in [4.69, 9.17) is 21.1 Å². The van der Waals surface area contributed by atoms with Crippen LogP contribution in [0.5, 0.6) is 11.5 Å². The van der Waals surface area contributed by atoms with Crippen molar-refractivity contribution in [2.75, 3.05) is 34.1 Å². The first-order valence-corrected chi connectivity index (χ1v) is 12.1. The number of aliphatic imine (C=N–C) groups is 1. The molecule has 176 valence electrons. The third kappa shape index (κ3) is 5.11. The maximum absolute atomic E-state index is 13.0. The summed E-state index contributed by atoms with van der Waals surface area (Å²) in [4.78, 5) is 5.64. The van der Waals surface area contributed by atoms with Crippen molar-refractivity contribution in [2.45, 2.75) is 17.2 Å². The third-order valence-electron chi connectivity index (χ3n) is 5.07. The van der Waals surface area contributed by atoms with Crippen molar-refractivity contribution in [3.8, 4) is 11.5 Å². The van der Waals surface area contributed by atoms with Gasteiger partial charge in [0.1, 0.15) is 16.4 Å². The van der Waals surface area contributed by atoms with Crippen molar-refractivity contribution in [1.82, 2.24) is 9.62 Å². The molecule has 0 aromatic heterocycles. The summed E-state index contributed by atoms with van der Waals surface area (Å²) >= 11 is 7.61. The molecule has 2 N–H and O–H groups in total. The lowest BCUT2D eigenvalue weighted by Crippen LogP contribution is -2.42. The van der Waals surface area contributed by atoms with Gasteiger partial charge in [-0.2, -0.15) is 0 Å². The van der Waals surface area contributed by atoms with Crippen molar-refractivity contribution < 1.29 is 23.0 Å². The number of halogens is 2. The minimum atomic E-state index is -3.98. The van der Waals surface area contributed by atoms with Crippen LogP contribution in [0.3, 0.4) is 0 Å². The summed E-state index contributed by atoms with van der Waals surface area (Å²) in [5, 5.41) is 11.9. The summed E-state index contributed by atoms with van der Waals surface area (Å²) in [6.45, 7) is -0.0112. The first kappa shape index (κ1) is 26.6. The van der Waals surface area contributed by atoms with Gasteiger partial charge >= 0.3 is 0 Å². The molecule has 1 heterocycles. The molecule has 32 heavy (non-hydrogen) atoms. The van der Waals surface area contributed by atoms with Crippen LogP contribution >= 0.6 is 35.8 Å². The molecule has 0 saturated carbocycles. The SMILES string of the molecule is CN=C1SCC(O)(c2ccc(Cl)c(S(=O)(=O)NCc3ccc(OC)cc3OC)c2)N1C.Cl. The number of ether oxygens (including phenoxy) is 2. The first-order valence-electron chi connectivity index (χ1n) is 9.22. The fraction of sp³-hybridized carbons (Fsp3) is 0.350. The molecular weight excluding hydrogens is 497 g/mol. The lowest BCUT2D eigenvalue weighted by molar-refractivity contribution is -0.0349. The number of rotatable bonds is 7. The predicted molar refractivity (Wildman–Crippen MR) is 130 cm³/mol. The molecule has 1 aliphatic heterocycles. The summed E-state index contributed by atoms with van der Waals surface area (Å²) in [5.74, 6) is 1.40. The quantitative estimate of drug-likeness (QED) is 0.577. The van der Waals surface area contributed by atoms with E-state index in [1.165, 1.54) is 38.1 Å². The Morgan fingerprint density at radius 3 is 2.56 bits per heavy atom. The fourth-order valence-electron chi connectivity index (χ4n) is 3.22. The molecule has 1 saturated heterocycles. The largest absolute Gasteiger partial charge is 0.497 e. The smallest absolute Gasteiger partial charge is 0.242 e. The van der Waals surface area contributed by atoms with E-state index in [0.29, 0.717) is 33.5 Å². The second kappa shape index (κ2) is 10.5. The minimum Gasteiger partial charge on any atom is -0.497 e. The number of benzene rings is 2. The molecule has 0 radical (unpaired) electrons. The molecule has 2 aromatic rings. The van der Waals surface area contributed by atoms with E-state index in [0.717, 1.165) is 0 Å². The average molecular weight is 522 g/mol. The number of thioether (sulfide) groups is 1. The number of methoxy groups -OCH3 is 2. The zero-order valence-corrected chi connectivity index (χ0v) is 21.2. The van der Waals surface area contributed by atoms with E-state index in [9.17, 15) is 13.5 Å². The Morgan fingerprint density at radius 1 is 1.25 bits per heavy atom. The van der Waals surface area contributed by atoms with Gasteiger partial charge in [0.2, 0.25) is 10.0 Å². The van der Waals surface area contributed by atoms with Crippen LogP contribution in [0.15, 0.2) is 46.3 Å². The van der Waals surface area contributed by atoms with Crippen LogP contribution in [0.1, 0.15) is 11.1 Å². The molecule has 3 rings (SSSR count). The summed E-state index contributed by atoms with van der Waals surface area (Å²) in [6.07, 6.45) is 0. The maximum Gasteiger partial charge on any atom is 0.242 e. The lowest BCUT2D eigenvalue weighted by atomic mass is 10.0. The van der Waals surface area contributed by atoms with E-state index >= 15 is 0 Å². The second-order valence-electron chi connectivity index (χ2n) is 6.82. The number of hydrogen-bond acceptors (Lipinski definition) is 7. The molecular formula is C20H25Cl2N3O5S2. The Balaban J connectivity index is 0.00000363. The topological polar surface area (TPSA) is 100 Å². The Kier molecular flexibility index (Phi) is 8.71. The standard InChI is InChI=1S/C20H24ClN3O5S2.ClH/c1-22-19-24(2)20(25,12-30-19)14-6-8-16(21)18(9-14)31(26,27)23-11-13-5-7-15(28-3)10-17(13)29-4;/h5-10,23,25H,11-12H2,1-4H3;1H. The Labute approximate surface area is 203 Å². The predicted octanol–water partition coefficient (Wildman–Crippen LogP) is 3.07. The van der Waals surface area contributed by atoms with Crippen LogP contribution in [0.4, 0.5) is 0 Å². The highest BCUT2D eigenvalue weighted by molar-refractivity contribution is 8.14. The van der Waals surface area contributed by atoms with Crippen LogP contribution in [0.2, 0.25) is 5.02 Å². The van der Waals surface area contributed by atoms with Crippen molar-refractivity contribution >= 4 is 51.0 Å². The van der Waals surface area contributed by atoms with E-state index < -0.39 is 15.7 Å². The number of sulfonamides is 1. The van der Waals surface area contributed by atoms with Crippen LogP contribution in [0.25, 0.3) is 0 Å². The Bertz CT molecular complexity index is 1110. The highest BCUT2D eigenvalue weighted by Gasteiger charge is 2.43. The Hall–Kier alpha value is -1.69. The monoisotopic (exact) mass is 521 g/mol. The zero-order chi connectivity index (χ0) is 22.8. The molecule has 1 aliphatic rings. The summed E-state index contributed by atoms with van der Waals surface area (Å²) in [6, 6.07) is 9.59. The molecule has 8 nitrogen and oxygen atoms in total. The molecule has 0 bridgehead atoms. The van der Waals surface area contributed by atoms with Gasteiger partial charge in [0.05, 0.1) is 25.0 Å². The molecule has 2 aromatic carbocycles. The first-order chi connectivity index (χ1) is 14.7. The van der Waals surface area contributed by atoms with Gasteiger partial charge in [-0.25, -0.2) is 13.1 Å². The molecule has 12 heteroatoms. The normalized spacial score (nSPS) is 19.7. The van der Waals surface area contributed by atoms with Gasteiger partial charge in [-0.1, -0.05) is 35.5 Å². The van der Waals surface area contributed by atoms with Crippen molar-refractivity contribution in [3.05, 3.63) is 52.5 Å². The van der Waals surface area contributed by atoms with E-state index in [-0.39, 0.29) is 28.9 Å². The highest BCUT2D eigenvalue weighted by atomic mass is 35.5. The van der Waals surface area contributed by atoms with Crippen molar-refractivity contribution in [1.29, 1.82) is 0 Å². The average Bonchev–Trinajstić information content (AvgIpc) is 3.07. The molecule has 0 spiro atoms. The van der Waals surface area contributed by atoms with E-state index in [2.05, 4.69) is 9.71 Å². The van der Waals surface area contributed by atoms with Crippen LogP contribution < -0.4 is 14.2 Å².